The van der Waals surface area contributed by atoms with E-state index in [2.05, 4.69) is 44.9 Å². The Balaban J connectivity index is 1.63. The normalized spacial score (nSPS) is 33.4. The number of alkyl carbamates (subject to hydrolysis) is 1. The average molecular weight is 769 g/mol. The second kappa shape index (κ2) is 13.8. The Morgan fingerprint density at radius 3 is 2.43 bits per heavy atom. The summed E-state index contributed by atoms with van der Waals surface area (Å²) >= 11 is 4.06. The van der Waals surface area contributed by atoms with Gasteiger partial charge in [0.2, 0.25) is 21.8 Å². The van der Waals surface area contributed by atoms with E-state index in [1.807, 2.05) is 6.92 Å². The second-order valence-corrected chi connectivity index (χ2v) is 20.3. The minimum Gasteiger partial charge on any atom is -0.444 e. The summed E-state index contributed by atoms with van der Waals surface area (Å²) in [6.07, 6.45) is 6.69. The maximum absolute atomic E-state index is 14.2. The number of unbranched alkanes of at least 4 members (excludes halogenated alkanes) is 1. The zero-order valence-corrected chi connectivity index (χ0v) is 30.4. The van der Waals surface area contributed by atoms with Crippen molar-refractivity contribution in [3.63, 3.8) is 0 Å². The lowest BCUT2D eigenvalue weighted by Gasteiger charge is -2.31. The number of rotatable bonds is 8. The van der Waals surface area contributed by atoms with Crippen LogP contribution in [0.4, 0.5) is 4.79 Å². The molecule has 2 aliphatic carbocycles. The predicted molar refractivity (Wildman–Crippen MR) is 179 cm³/mol. The number of hydrogen-bond acceptors (Lipinski definition) is 8. The van der Waals surface area contributed by atoms with Crippen molar-refractivity contribution in [1.82, 2.24) is 20.3 Å². The summed E-state index contributed by atoms with van der Waals surface area (Å²) in [5, 5.41) is 5.20. The summed E-state index contributed by atoms with van der Waals surface area (Å²) in [6, 6.07) is -1.74. The van der Waals surface area contributed by atoms with Crippen LogP contribution < -0.4 is 15.4 Å². The monoisotopic (exact) mass is 768 g/mol. The zero-order valence-electron chi connectivity index (χ0n) is 26.6. The van der Waals surface area contributed by atoms with E-state index in [9.17, 15) is 27.6 Å². The minimum atomic E-state index is -3.80. The Kier molecular flexibility index (Phi) is 11.2. The molecule has 2 saturated carbocycles. The van der Waals surface area contributed by atoms with E-state index in [0.29, 0.717) is 45.1 Å². The number of nitrogens with zero attached hydrogens (tertiary/aromatic N) is 1. The van der Waals surface area contributed by atoms with Gasteiger partial charge in [-0.3, -0.25) is 19.1 Å². The van der Waals surface area contributed by atoms with Crippen LogP contribution in [0, 0.1) is 11.8 Å². The molecular formula is C30H49IN4O7S2. The van der Waals surface area contributed by atoms with Crippen LogP contribution >= 0.6 is 34.4 Å². The Morgan fingerprint density at radius 1 is 1.11 bits per heavy atom. The summed E-state index contributed by atoms with van der Waals surface area (Å²) < 4.78 is 32.8. The molecular weight excluding hydrogens is 719 g/mol. The van der Waals surface area contributed by atoms with Gasteiger partial charge in [-0.25, -0.2) is 13.2 Å². The number of thioether (sulfide) groups is 1. The van der Waals surface area contributed by atoms with Crippen LogP contribution in [0.5, 0.6) is 0 Å². The fourth-order valence-corrected chi connectivity index (χ4v) is 10.4. The van der Waals surface area contributed by atoms with Crippen molar-refractivity contribution in [2.75, 3.05) is 12.3 Å². The molecule has 3 N–H and O–H groups in total. The lowest BCUT2D eigenvalue weighted by Crippen LogP contribution is -2.58. The first-order chi connectivity index (χ1) is 20.5. The van der Waals surface area contributed by atoms with Crippen LogP contribution in [0.3, 0.4) is 0 Å². The third-order valence-corrected chi connectivity index (χ3v) is 13.9. The molecule has 44 heavy (non-hydrogen) atoms. The van der Waals surface area contributed by atoms with Crippen LogP contribution in [0.1, 0.15) is 105 Å². The van der Waals surface area contributed by atoms with E-state index in [0.717, 1.165) is 37.9 Å². The number of carbonyl (C=O) groups is 4. The number of hydrogen-bond donors (Lipinski definition) is 3. The highest BCUT2D eigenvalue weighted by molar-refractivity contribution is 14.1. The molecule has 0 bridgehead atoms. The molecule has 11 nitrogen and oxygen atoms in total. The smallest absolute Gasteiger partial charge is 0.408 e. The van der Waals surface area contributed by atoms with E-state index < -0.39 is 59.2 Å². The molecule has 0 aromatic rings. The van der Waals surface area contributed by atoms with Crippen molar-refractivity contribution in [3.8, 4) is 0 Å². The molecule has 2 unspecified atom stereocenters. The van der Waals surface area contributed by atoms with Gasteiger partial charge in [0, 0.05) is 13.0 Å². The van der Waals surface area contributed by atoms with Crippen molar-refractivity contribution in [1.29, 1.82) is 0 Å². The Morgan fingerprint density at radius 2 is 1.80 bits per heavy atom. The maximum Gasteiger partial charge on any atom is 0.408 e. The van der Waals surface area contributed by atoms with Crippen molar-refractivity contribution >= 4 is 68.2 Å². The SMILES string of the molecule is CCCCS[C@@]1(I)C[C@H]2C(=O)N[C@]3(C(=O)NS(=O)(=O)C4CC4)CC3C(C)CCCCC[C@H](NC(=O)OC(C)(C)C)C(=O)N2C1. The molecule has 0 radical (unpaired) electrons. The minimum absolute atomic E-state index is 0.0814. The van der Waals surface area contributed by atoms with Gasteiger partial charge >= 0.3 is 6.09 Å². The molecule has 0 aromatic heterocycles. The van der Waals surface area contributed by atoms with Crippen LogP contribution in [0.25, 0.3) is 0 Å². The van der Waals surface area contributed by atoms with Gasteiger partial charge in [0.1, 0.15) is 23.2 Å². The lowest BCUT2D eigenvalue weighted by atomic mass is 9.93. The summed E-state index contributed by atoms with van der Waals surface area (Å²) in [4.78, 5) is 56.3. The predicted octanol–water partition coefficient (Wildman–Crippen LogP) is 4.23. The van der Waals surface area contributed by atoms with Crippen LogP contribution in [0.15, 0.2) is 0 Å². The Hall–Kier alpha value is -1.29. The van der Waals surface area contributed by atoms with Crippen molar-refractivity contribution in [3.05, 3.63) is 0 Å². The molecule has 4 fully saturated rings. The first-order valence-corrected chi connectivity index (χ1v) is 19.6. The average Bonchev–Trinajstić information content (AvgIpc) is 3.83. The van der Waals surface area contributed by atoms with Crippen LogP contribution in [-0.4, -0.2) is 80.7 Å². The largest absolute Gasteiger partial charge is 0.444 e. The van der Waals surface area contributed by atoms with Gasteiger partial charge in [0.15, 0.2) is 0 Å². The molecule has 0 aromatic carbocycles. The quantitative estimate of drug-likeness (QED) is 0.189. The fourth-order valence-electron chi connectivity index (χ4n) is 6.32. The second-order valence-electron chi connectivity index (χ2n) is 14.0. The van der Waals surface area contributed by atoms with Crippen molar-refractivity contribution < 1.29 is 32.3 Å². The molecule has 0 spiro atoms. The van der Waals surface area contributed by atoms with Gasteiger partial charge in [-0.15, -0.1) is 11.8 Å². The summed E-state index contributed by atoms with van der Waals surface area (Å²) in [5.41, 5.74) is -2.08. The summed E-state index contributed by atoms with van der Waals surface area (Å²) in [5.74, 6) is -0.731. The Bertz CT molecular complexity index is 1220. The number of amides is 4. The summed E-state index contributed by atoms with van der Waals surface area (Å²) in [7, 11) is -3.80. The molecule has 6 atom stereocenters. The standard InChI is InChI=1S/C30H49IN4O7S2/c1-6-7-15-43-29(31)17-23-24(36)33-30(26(38)34-44(40,41)20-13-14-20)16-21(30)19(2)11-9-8-10-12-22(25(37)35(23)18-29)32-27(39)42-28(3,4)5/h19-23H,6-18H2,1-5H3,(H,32,39)(H,33,36)(H,34,38)/t19?,21?,22-,23-,29-,30+/m0/s1. The summed E-state index contributed by atoms with van der Waals surface area (Å²) in [6.45, 7) is 9.74. The van der Waals surface area contributed by atoms with Gasteiger partial charge in [0.25, 0.3) is 5.91 Å². The first-order valence-electron chi connectivity index (χ1n) is 16.0. The molecule has 4 aliphatic rings. The molecule has 250 valence electrons. The number of nitrogens with one attached hydrogen (secondary N) is 3. The zero-order chi connectivity index (χ0) is 32.5. The first kappa shape index (κ1) is 35.6. The van der Waals surface area contributed by atoms with Gasteiger partial charge in [0.05, 0.1) is 8.00 Å². The number of carbonyl (C=O) groups excluding carboxylic acids is 4. The highest BCUT2D eigenvalue weighted by atomic mass is 127. The molecule has 2 aliphatic heterocycles. The van der Waals surface area contributed by atoms with Crippen LogP contribution in [0.2, 0.25) is 0 Å². The third-order valence-electron chi connectivity index (χ3n) is 9.02. The topological polar surface area (TPSA) is 151 Å². The van der Waals surface area contributed by atoms with Crippen molar-refractivity contribution in [2.45, 2.75) is 136 Å². The third kappa shape index (κ3) is 8.74. The number of ether oxygens (including phenoxy) is 1. The van der Waals surface area contributed by atoms with Gasteiger partial charge in [-0.1, -0.05) is 68.5 Å². The number of sulfonamides is 1. The molecule has 2 heterocycles. The van der Waals surface area contributed by atoms with Gasteiger partial charge in [-0.05, 0) is 70.5 Å². The van der Waals surface area contributed by atoms with E-state index in [-0.39, 0.29) is 17.7 Å². The maximum atomic E-state index is 14.2. The van der Waals surface area contributed by atoms with E-state index in [1.54, 1.807) is 37.4 Å². The number of fused-ring (bicyclic) bond motifs is 2. The van der Waals surface area contributed by atoms with Crippen molar-refractivity contribution in [2.24, 2.45) is 11.8 Å². The Labute approximate surface area is 280 Å². The molecule has 4 amide bonds. The highest BCUT2D eigenvalue weighted by Gasteiger charge is 2.64. The number of halogens is 1. The van der Waals surface area contributed by atoms with E-state index in [4.69, 9.17) is 4.74 Å². The molecule has 14 heteroatoms. The van der Waals surface area contributed by atoms with Gasteiger partial charge < -0.3 is 20.3 Å². The molecule has 2 saturated heterocycles. The lowest BCUT2D eigenvalue weighted by molar-refractivity contribution is -0.141. The van der Waals surface area contributed by atoms with Gasteiger partial charge in [-0.2, -0.15) is 0 Å². The highest BCUT2D eigenvalue weighted by Crippen LogP contribution is 2.51. The molecule has 4 rings (SSSR count). The fraction of sp³-hybridized carbons (Fsp3) is 0.867. The van der Waals surface area contributed by atoms with Crippen LogP contribution in [-0.2, 0) is 29.1 Å². The van der Waals surface area contributed by atoms with E-state index >= 15 is 0 Å². The number of alkyl halides is 1. The van der Waals surface area contributed by atoms with E-state index in [1.165, 1.54) is 0 Å².